The largest absolute Gasteiger partial charge is 0.314 e. The van der Waals surface area contributed by atoms with E-state index in [1.807, 2.05) is 25.2 Å². The molecule has 1 heterocycles. The Hall–Kier alpha value is -0.865. The van der Waals surface area contributed by atoms with E-state index in [1.165, 1.54) is 0 Å². The Morgan fingerprint density at radius 2 is 2.38 bits per heavy atom. The minimum absolute atomic E-state index is 0.798. The van der Waals surface area contributed by atoms with Gasteiger partial charge < -0.3 is 5.32 Å². The van der Waals surface area contributed by atoms with E-state index in [0.29, 0.717) is 0 Å². The predicted molar refractivity (Wildman–Crippen MR) is 57.8 cm³/mol. The smallest absolute Gasteiger partial charge is 0.113 e. The number of rotatable bonds is 2. The summed E-state index contributed by atoms with van der Waals surface area (Å²) in [6, 6.07) is 5.80. The number of fused-ring (bicyclic) bond motifs is 1. The van der Waals surface area contributed by atoms with Crippen LogP contribution in [0.1, 0.15) is 5.01 Å². The Kier molecular flexibility index (Phi) is 2.33. The monoisotopic (exact) mass is 188 g/mol. The molecular weight excluding hydrogens is 179 g/mol. The van der Waals surface area contributed by atoms with Crippen LogP contribution in [0.2, 0.25) is 0 Å². The minimum atomic E-state index is 0.798. The van der Waals surface area contributed by atoms with E-state index >= 15 is 0 Å². The molecule has 2 rings (SSSR count). The van der Waals surface area contributed by atoms with Gasteiger partial charge in [0.2, 0.25) is 0 Å². The lowest BCUT2D eigenvalue weighted by atomic mass is 9.97. The zero-order valence-corrected chi connectivity index (χ0v) is 8.19. The van der Waals surface area contributed by atoms with Crippen LogP contribution in [0.3, 0.4) is 0 Å². The van der Waals surface area contributed by atoms with Crippen molar-refractivity contribution in [1.82, 2.24) is 10.3 Å². The average molecular weight is 188 g/mol. The number of aromatic nitrogens is 1. The van der Waals surface area contributed by atoms with E-state index in [9.17, 15) is 0 Å². The van der Waals surface area contributed by atoms with Gasteiger partial charge >= 0.3 is 0 Å². The normalized spacial score (nSPS) is 10.8. The summed E-state index contributed by atoms with van der Waals surface area (Å²) in [5, 5.41) is 4.18. The third kappa shape index (κ3) is 1.74. The summed E-state index contributed by atoms with van der Waals surface area (Å²) in [7, 11) is 7.59. The quantitative estimate of drug-likeness (QED) is 0.705. The Balaban J connectivity index is 2.49. The first-order valence-corrected chi connectivity index (χ1v) is 4.91. The second-order valence-electron chi connectivity index (χ2n) is 2.87. The molecule has 2 nitrogen and oxygen atoms in total. The molecular formula is C9H9BN2S. The second-order valence-corrected chi connectivity index (χ2v) is 3.98. The van der Waals surface area contributed by atoms with E-state index < -0.39 is 0 Å². The van der Waals surface area contributed by atoms with E-state index in [0.717, 1.165) is 27.2 Å². The molecule has 0 saturated heterocycles. The van der Waals surface area contributed by atoms with Crippen molar-refractivity contribution in [3.63, 3.8) is 0 Å². The standard InChI is InChI=1S/C9H9BN2S/c1-11-5-9-12-7-3-2-6(10)4-8(7)13-9/h2-4,11H,5H2,1H3. The lowest BCUT2D eigenvalue weighted by Crippen LogP contribution is -2.03. The highest BCUT2D eigenvalue weighted by Gasteiger charge is 2.01. The summed E-state index contributed by atoms with van der Waals surface area (Å²) in [5.41, 5.74) is 1.83. The number of hydrogen-bond donors (Lipinski definition) is 1. The Bertz CT molecular complexity index is 424. The van der Waals surface area contributed by atoms with Crippen LogP contribution in [0.5, 0.6) is 0 Å². The topological polar surface area (TPSA) is 24.9 Å². The van der Waals surface area contributed by atoms with Crippen molar-refractivity contribution in [1.29, 1.82) is 0 Å². The van der Waals surface area contributed by atoms with Crippen molar-refractivity contribution in [2.24, 2.45) is 0 Å². The Labute approximate surface area is 82.4 Å². The molecule has 1 aromatic heterocycles. The molecule has 2 radical (unpaired) electrons. The molecule has 2 aromatic rings. The molecule has 0 aliphatic carbocycles. The summed E-state index contributed by atoms with van der Waals surface area (Å²) < 4.78 is 1.16. The average Bonchev–Trinajstić information content (AvgIpc) is 2.46. The molecule has 0 saturated carbocycles. The van der Waals surface area contributed by atoms with Gasteiger partial charge in [0.15, 0.2) is 0 Å². The van der Waals surface area contributed by atoms with E-state index in [-0.39, 0.29) is 0 Å². The zero-order valence-electron chi connectivity index (χ0n) is 7.37. The van der Waals surface area contributed by atoms with Crippen LogP contribution in [0, 0.1) is 0 Å². The van der Waals surface area contributed by atoms with Gasteiger partial charge in [-0.05, 0) is 19.2 Å². The lowest BCUT2D eigenvalue weighted by molar-refractivity contribution is 0.812. The first kappa shape index (κ1) is 8.72. The molecule has 0 amide bonds. The van der Waals surface area contributed by atoms with Crippen LogP contribution in [-0.4, -0.2) is 19.9 Å². The van der Waals surface area contributed by atoms with Crippen molar-refractivity contribution in [2.75, 3.05) is 7.05 Å². The van der Waals surface area contributed by atoms with Crippen molar-refractivity contribution in [3.05, 3.63) is 23.2 Å². The highest BCUT2D eigenvalue weighted by molar-refractivity contribution is 7.18. The van der Waals surface area contributed by atoms with Crippen LogP contribution in [-0.2, 0) is 6.54 Å². The fourth-order valence-corrected chi connectivity index (χ4v) is 2.24. The number of nitrogens with zero attached hydrogens (tertiary/aromatic N) is 1. The highest BCUT2D eigenvalue weighted by atomic mass is 32.1. The third-order valence-corrected chi connectivity index (χ3v) is 2.80. The number of benzene rings is 1. The van der Waals surface area contributed by atoms with E-state index in [2.05, 4.69) is 10.3 Å². The molecule has 0 unspecified atom stereocenters. The zero-order chi connectivity index (χ0) is 9.26. The maximum atomic E-state index is 5.67. The summed E-state index contributed by atoms with van der Waals surface area (Å²) in [6.07, 6.45) is 0. The molecule has 64 valence electrons. The molecule has 4 heteroatoms. The van der Waals surface area contributed by atoms with Crippen molar-refractivity contribution < 1.29 is 0 Å². The molecule has 0 spiro atoms. The molecule has 1 aromatic carbocycles. The van der Waals surface area contributed by atoms with Gasteiger partial charge in [-0.1, -0.05) is 11.5 Å². The van der Waals surface area contributed by atoms with Crippen LogP contribution in [0.4, 0.5) is 0 Å². The van der Waals surface area contributed by atoms with Gasteiger partial charge in [0.1, 0.15) is 12.9 Å². The summed E-state index contributed by atoms with van der Waals surface area (Å²) in [6.45, 7) is 0.819. The number of nitrogens with one attached hydrogen (secondary N) is 1. The lowest BCUT2D eigenvalue weighted by Gasteiger charge is -1.89. The fraction of sp³-hybridized carbons (Fsp3) is 0.222. The summed E-state index contributed by atoms with van der Waals surface area (Å²) in [5.74, 6) is 0. The van der Waals surface area contributed by atoms with Crippen molar-refractivity contribution in [2.45, 2.75) is 6.54 Å². The van der Waals surface area contributed by atoms with Gasteiger partial charge in [0.25, 0.3) is 0 Å². The molecule has 0 atom stereocenters. The number of thiazole rings is 1. The molecule has 0 aliphatic heterocycles. The maximum Gasteiger partial charge on any atom is 0.113 e. The van der Waals surface area contributed by atoms with Gasteiger partial charge in [-0.25, -0.2) is 4.98 Å². The third-order valence-electron chi connectivity index (χ3n) is 1.78. The van der Waals surface area contributed by atoms with Gasteiger partial charge in [-0.15, -0.1) is 11.3 Å². The minimum Gasteiger partial charge on any atom is -0.314 e. The Morgan fingerprint density at radius 1 is 1.54 bits per heavy atom. The molecule has 0 fully saturated rings. The van der Waals surface area contributed by atoms with Crippen LogP contribution >= 0.6 is 11.3 Å². The maximum absolute atomic E-state index is 5.67. The van der Waals surface area contributed by atoms with Gasteiger partial charge in [-0.3, -0.25) is 0 Å². The van der Waals surface area contributed by atoms with Crippen LogP contribution in [0.15, 0.2) is 18.2 Å². The fourth-order valence-electron chi connectivity index (χ4n) is 1.22. The SMILES string of the molecule is [B]c1ccc2nc(CNC)sc2c1. The van der Waals surface area contributed by atoms with E-state index in [1.54, 1.807) is 11.3 Å². The summed E-state index contributed by atoms with van der Waals surface area (Å²) >= 11 is 1.68. The molecule has 0 bridgehead atoms. The first-order valence-electron chi connectivity index (χ1n) is 4.09. The number of hydrogen-bond acceptors (Lipinski definition) is 3. The van der Waals surface area contributed by atoms with Crippen molar-refractivity contribution in [3.8, 4) is 0 Å². The van der Waals surface area contributed by atoms with Crippen LogP contribution in [0.25, 0.3) is 10.2 Å². The first-order chi connectivity index (χ1) is 6.29. The molecule has 13 heavy (non-hydrogen) atoms. The molecule has 0 aliphatic rings. The van der Waals surface area contributed by atoms with Gasteiger partial charge in [-0.2, -0.15) is 0 Å². The van der Waals surface area contributed by atoms with Crippen LogP contribution < -0.4 is 10.8 Å². The summed E-state index contributed by atoms with van der Waals surface area (Å²) in [4.78, 5) is 4.44. The molecule has 1 N–H and O–H groups in total. The predicted octanol–water partition coefficient (Wildman–Crippen LogP) is 0.810. The highest BCUT2D eigenvalue weighted by Crippen LogP contribution is 2.20. The van der Waals surface area contributed by atoms with E-state index in [4.69, 9.17) is 7.85 Å². The second kappa shape index (κ2) is 3.48. The van der Waals surface area contributed by atoms with Gasteiger partial charge in [0.05, 0.1) is 10.2 Å². The van der Waals surface area contributed by atoms with Crippen molar-refractivity contribution >= 4 is 34.9 Å². The Morgan fingerprint density at radius 3 is 3.15 bits per heavy atom. The van der Waals surface area contributed by atoms with Gasteiger partial charge in [0, 0.05) is 6.54 Å².